The van der Waals surface area contributed by atoms with E-state index in [1.165, 1.54) is 6.26 Å². The molecule has 0 atom stereocenters. The van der Waals surface area contributed by atoms with Crippen molar-refractivity contribution in [1.82, 2.24) is 0 Å². The molecule has 1 heterocycles. The maximum absolute atomic E-state index is 11.0. The molecule has 0 saturated heterocycles. The maximum Gasteiger partial charge on any atom is 0.201 e. The highest BCUT2D eigenvalue weighted by atomic mass is 16.3. The van der Waals surface area contributed by atoms with Crippen molar-refractivity contribution < 1.29 is 9.21 Å². The second kappa shape index (κ2) is 3.20. The minimum Gasteiger partial charge on any atom is -0.461 e. The molecule has 1 rings (SSSR count). The van der Waals surface area contributed by atoms with Gasteiger partial charge in [-0.3, -0.25) is 4.79 Å². The summed E-state index contributed by atoms with van der Waals surface area (Å²) < 4.78 is 4.87. The van der Waals surface area contributed by atoms with E-state index in [2.05, 4.69) is 0 Å². The molecule has 0 amide bonds. The van der Waals surface area contributed by atoms with Crippen LogP contribution in [0.5, 0.6) is 0 Å². The normalized spacial score (nSPS) is 9.70. The standard InChI is InChI=1S/C8H9O2/c1-2-4-7(9)8-5-3-6-10-8/h3-6H,2H2,1H3. The predicted molar refractivity (Wildman–Crippen MR) is 37.6 cm³/mol. The van der Waals surface area contributed by atoms with Gasteiger partial charge in [0.15, 0.2) is 5.76 Å². The summed E-state index contributed by atoms with van der Waals surface area (Å²) in [6, 6.07) is 3.37. The number of hydrogen-bond donors (Lipinski definition) is 0. The van der Waals surface area contributed by atoms with Gasteiger partial charge in [0, 0.05) is 6.42 Å². The summed E-state index contributed by atoms with van der Waals surface area (Å²) in [4.78, 5) is 11.0. The predicted octanol–water partition coefficient (Wildman–Crippen LogP) is 2.08. The summed E-state index contributed by atoms with van der Waals surface area (Å²) in [6.45, 7) is 1.92. The molecule has 0 aliphatic heterocycles. The third-order valence-electron chi connectivity index (χ3n) is 1.15. The van der Waals surface area contributed by atoms with Crippen LogP contribution in [-0.2, 0) is 0 Å². The molecule has 0 unspecified atom stereocenters. The van der Waals surface area contributed by atoms with E-state index in [4.69, 9.17) is 4.42 Å². The van der Waals surface area contributed by atoms with Gasteiger partial charge in [-0.25, -0.2) is 0 Å². The van der Waals surface area contributed by atoms with E-state index in [9.17, 15) is 4.79 Å². The van der Waals surface area contributed by atoms with E-state index in [-0.39, 0.29) is 5.78 Å². The Hall–Kier alpha value is -1.05. The Balaban J connectivity index is 2.59. The molecular weight excluding hydrogens is 128 g/mol. The summed E-state index contributed by atoms with van der Waals surface area (Å²) >= 11 is 0. The quantitative estimate of drug-likeness (QED) is 0.597. The van der Waals surface area contributed by atoms with Crippen molar-refractivity contribution >= 4 is 5.78 Å². The number of Topliss-reactive ketones (excluding diaryl/α,β-unsaturated/α-hetero) is 1. The van der Waals surface area contributed by atoms with E-state index >= 15 is 0 Å². The van der Waals surface area contributed by atoms with E-state index in [1.807, 2.05) is 6.92 Å². The number of carbonyl (C=O) groups is 1. The first-order valence-electron chi connectivity index (χ1n) is 3.25. The Labute approximate surface area is 59.8 Å². The minimum atomic E-state index is -0.0347. The third kappa shape index (κ3) is 1.47. The average Bonchev–Trinajstić information content (AvgIpc) is 2.38. The summed E-state index contributed by atoms with van der Waals surface area (Å²) in [5.41, 5.74) is 0. The van der Waals surface area contributed by atoms with Gasteiger partial charge in [-0.05, 0) is 18.6 Å². The van der Waals surface area contributed by atoms with E-state index in [0.717, 1.165) is 6.42 Å². The molecular formula is C8H9O2. The first-order chi connectivity index (χ1) is 4.84. The van der Waals surface area contributed by atoms with Gasteiger partial charge in [-0.2, -0.15) is 0 Å². The fourth-order valence-corrected chi connectivity index (χ4v) is 0.705. The van der Waals surface area contributed by atoms with Crippen molar-refractivity contribution in [2.75, 3.05) is 0 Å². The van der Waals surface area contributed by atoms with Crippen molar-refractivity contribution in [1.29, 1.82) is 0 Å². The number of carbonyl (C=O) groups excluding carboxylic acids is 1. The number of hydrogen-bond acceptors (Lipinski definition) is 2. The topological polar surface area (TPSA) is 30.2 Å². The lowest BCUT2D eigenvalue weighted by Gasteiger charge is -1.89. The molecule has 2 heteroatoms. The van der Waals surface area contributed by atoms with Crippen LogP contribution in [0.25, 0.3) is 0 Å². The molecule has 0 aliphatic rings. The van der Waals surface area contributed by atoms with Crippen molar-refractivity contribution in [2.45, 2.75) is 13.3 Å². The maximum atomic E-state index is 11.0. The Bertz CT molecular complexity index is 199. The monoisotopic (exact) mass is 137 g/mol. The van der Waals surface area contributed by atoms with Gasteiger partial charge in [0.25, 0.3) is 0 Å². The Morgan fingerprint density at radius 2 is 2.60 bits per heavy atom. The van der Waals surface area contributed by atoms with Gasteiger partial charge < -0.3 is 4.42 Å². The summed E-state index contributed by atoms with van der Waals surface area (Å²) in [7, 11) is 0. The number of rotatable bonds is 3. The first-order valence-corrected chi connectivity index (χ1v) is 3.25. The van der Waals surface area contributed by atoms with Crippen molar-refractivity contribution in [3.05, 3.63) is 30.6 Å². The highest BCUT2D eigenvalue weighted by molar-refractivity contribution is 5.99. The van der Waals surface area contributed by atoms with Crippen LogP contribution in [-0.4, -0.2) is 5.78 Å². The zero-order valence-corrected chi connectivity index (χ0v) is 5.83. The fourth-order valence-electron chi connectivity index (χ4n) is 0.705. The molecule has 0 bridgehead atoms. The van der Waals surface area contributed by atoms with Gasteiger partial charge in [0.05, 0.1) is 6.26 Å². The van der Waals surface area contributed by atoms with Crippen LogP contribution in [0.2, 0.25) is 0 Å². The van der Waals surface area contributed by atoms with E-state index in [1.54, 1.807) is 18.6 Å². The van der Waals surface area contributed by atoms with Gasteiger partial charge in [0.1, 0.15) is 0 Å². The molecule has 0 N–H and O–H groups in total. The summed E-state index contributed by atoms with van der Waals surface area (Å²) in [5.74, 6) is 0.384. The number of ketones is 1. The van der Waals surface area contributed by atoms with Gasteiger partial charge in [-0.15, -0.1) is 0 Å². The molecule has 1 radical (unpaired) electrons. The lowest BCUT2D eigenvalue weighted by molar-refractivity contribution is 0.0997. The van der Waals surface area contributed by atoms with Crippen LogP contribution in [0.4, 0.5) is 0 Å². The molecule has 53 valence electrons. The first kappa shape index (κ1) is 7.06. The molecule has 1 aromatic heterocycles. The zero-order chi connectivity index (χ0) is 7.40. The lowest BCUT2D eigenvalue weighted by atomic mass is 10.2. The van der Waals surface area contributed by atoms with Crippen LogP contribution in [0, 0.1) is 6.42 Å². The summed E-state index contributed by atoms with van der Waals surface area (Å²) in [6.07, 6.45) is 3.84. The van der Waals surface area contributed by atoms with Gasteiger partial charge in [0.2, 0.25) is 5.78 Å². The van der Waals surface area contributed by atoms with Crippen molar-refractivity contribution in [3.63, 3.8) is 0 Å². The Morgan fingerprint density at radius 3 is 3.10 bits per heavy atom. The fraction of sp³-hybridized carbons (Fsp3) is 0.250. The Morgan fingerprint density at radius 1 is 1.80 bits per heavy atom. The van der Waals surface area contributed by atoms with Crippen molar-refractivity contribution in [3.8, 4) is 0 Å². The third-order valence-corrected chi connectivity index (χ3v) is 1.15. The average molecular weight is 137 g/mol. The minimum absolute atomic E-state index is 0.0347. The van der Waals surface area contributed by atoms with Gasteiger partial charge in [-0.1, -0.05) is 6.92 Å². The molecule has 0 saturated carbocycles. The molecule has 10 heavy (non-hydrogen) atoms. The second-order valence-corrected chi connectivity index (χ2v) is 1.95. The number of furan rings is 1. The van der Waals surface area contributed by atoms with Crippen LogP contribution in [0.3, 0.4) is 0 Å². The SMILES string of the molecule is CC[CH]C(=O)c1ccco1. The smallest absolute Gasteiger partial charge is 0.201 e. The zero-order valence-electron chi connectivity index (χ0n) is 5.83. The van der Waals surface area contributed by atoms with Crippen LogP contribution >= 0.6 is 0 Å². The molecule has 0 spiro atoms. The highest BCUT2D eigenvalue weighted by Gasteiger charge is 2.05. The second-order valence-electron chi connectivity index (χ2n) is 1.95. The van der Waals surface area contributed by atoms with Crippen LogP contribution in [0.15, 0.2) is 22.8 Å². The van der Waals surface area contributed by atoms with Crippen molar-refractivity contribution in [2.24, 2.45) is 0 Å². The summed E-state index contributed by atoms with van der Waals surface area (Å²) in [5, 5.41) is 0. The molecule has 2 nitrogen and oxygen atoms in total. The Kier molecular flexibility index (Phi) is 2.26. The van der Waals surface area contributed by atoms with Gasteiger partial charge >= 0.3 is 0 Å². The molecule has 0 aliphatic carbocycles. The molecule has 1 aromatic rings. The van der Waals surface area contributed by atoms with Crippen LogP contribution in [0.1, 0.15) is 23.9 Å². The highest BCUT2D eigenvalue weighted by Crippen LogP contribution is 2.04. The van der Waals surface area contributed by atoms with E-state index in [0.29, 0.717) is 5.76 Å². The lowest BCUT2D eigenvalue weighted by Crippen LogP contribution is -1.95. The largest absolute Gasteiger partial charge is 0.461 e. The van der Waals surface area contributed by atoms with E-state index < -0.39 is 0 Å². The van der Waals surface area contributed by atoms with Crippen LogP contribution < -0.4 is 0 Å². The molecule has 0 aromatic carbocycles. The molecule has 0 fully saturated rings.